The van der Waals surface area contributed by atoms with Crippen molar-refractivity contribution in [2.45, 2.75) is 17.1 Å². The Labute approximate surface area is 248 Å². The maximum atomic E-state index is 4.81. The van der Waals surface area contributed by atoms with E-state index < -0.39 is 4.30 Å². The van der Waals surface area contributed by atoms with Crippen LogP contribution in [0.15, 0.2) is 93.9 Å². The van der Waals surface area contributed by atoms with Gasteiger partial charge in [0.05, 0.1) is 0 Å². The molecule has 34 heavy (non-hydrogen) atoms. The van der Waals surface area contributed by atoms with Crippen LogP contribution < -0.4 is 0 Å². The van der Waals surface area contributed by atoms with Gasteiger partial charge in [-0.1, -0.05) is 127 Å². The molecule has 0 radical (unpaired) electrons. The van der Waals surface area contributed by atoms with E-state index in [-0.39, 0.29) is 0 Å². The van der Waals surface area contributed by atoms with Crippen molar-refractivity contribution in [2.24, 2.45) is 0 Å². The van der Waals surface area contributed by atoms with E-state index in [0.717, 1.165) is 21.8 Å². The Hall–Kier alpha value is -0.330. The van der Waals surface area contributed by atoms with E-state index in [9.17, 15) is 0 Å². The minimum atomic E-state index is -0.750. The molecule has 0 N–H and O–H groups in total. The summed E-state index contributed by atoms with van der Waals surface area (Å²) < 4.78 is 1.57. The van der Waals surface area contributed by atoms with E-state index in [2.05, 4.69) is 145 Å². The van der Waals surface area contributed by atoms with Gasteiger partial charge in [0.25, 0.3) is 0 Å². The first kappa shape index (κ1) is 28.2. The zero-order valence-corrected chi connectivity index (χ0v) is 26.3. The summed E-state index contributed by atoms with van der Waals surface area (Å²) in [6, 6.07) is 30.3. The van der Waals surface area contributed by atoms with Gasteiger partial charge in [-0.05, 0) is 81.6 Å². The smallest absolute Gasteiger partial charge is 0.0874 e. The Balaban J connectivity index is 0.000000157. The second-order valence-corrected chi connectivity index (χ2v) is 11.3. The zero-order valence-electron chi connectivity index (χ0n) is 17.7. The van der Waals surface area contributed by atoms with Crippen LogP contribution in [0, 0.1) is 0 Å². The molecule has 0 bridgehead atoms. The van der Waals surface area contributed by atoms with Gasteiger partial charge in [0.2, 0.25) is 0 Å². The highest BCUT2D eigenvalue weighted by Gasteiger charge is 2.18. The topological polar surface area (TPSA) is 0 Å². The molecule has 0 aromatic heterocycles. The van der Waals surface area contributed by atoms with E-state index in [1.807, 2.05) is 0 Å². The molecule has 2 aliphatic carbocycles. The van der Waals surface area contributed by atoms with Crippen molar-refractivity contribution in [3.63, 3.8) is 0 Å². The highest BCUT2D eigenvalue weighted by molar-refractivity contribution is 9.93. The number of fused-ring (bicyclic) bond motifs is 6. The summed E-state index contributed by atoms with van der Waals surface area (Å²) in [6.45, 7) is 0. The fourth-order valence-electron chi connectivity index (χ4n) is 4.23. The second-order valence-electron chi connectivity index (χ2n) is 7.52. The first-order valence-electron chi connectivity index (χ1n) is 10.2. The van der Waals surface area contributed by atoms with E-state index >= 15 is 0 Å². The Morgan fingerprint density at radius 3 is 1.24 bits per heavy atom. The van der Waals surface area contributed by atoms with Crippen LogP contribution in [0.25, 0.3) is 22.3 Å². The lowest BCUT2D eigenvalue weighted by Gasteiger charge is -2.00. The maximum Gasteiger partial charge on any atom is 0.180 e. The molecule has 0 fully saturated rings. The number of alkyl halides is 3. The third kappa shape index (κ3) is 7.35. The third-order valence-electron chi connectivity index (χ3n) is 5.51. The number of halogens is 7. The van der Waals surface area contributed by atoms with Crippen LogP contribution in [0.1, 0.15) is 22.3 Å². The molecule has 0 nitrogen and oxygen atoms in total. The Morgan fingerprint density at radius 2 is 0.824 bits per heavy atom. The van der Waals surface area contributed by atoms with Crippen molar-refractivity contribution in [2.75, 3.05) is 0 Å². The number of hydrogen-bond acceptors (Lipinski definition) is 0. The maximum absolute atomic E-state index is 4.81. The van der Waals surface area contributed by atoms with Crippen molar-refractivity contribution in [3.8, 4) is 22.3 Å². The van der Waals surface area contributed by atoms with Gasteiger partial charge in [-0.25, -0.2) is 0 Å². The monoisotopic (exact) mass is 764 g/mol. The van der Waals surface area contributed by atoms with Crippen molar-refractivity contribution in [1.29, 1.82) is 0 Å². The molecular formula is C27H19Br4Cl3. The minimum absolute atomic E-state index is 0.750. The van der Waals surface area contributed by atoms with E-state index in [1.54, 1.807) is 0 Å². The number of rotatable bonds is 0. The molecule has 0 unspecified atom stereocenters. The SMILES string of the molecule is BrBr.Brc1ccc2c(c1)Cc1cc(Br)ccc1-2.ClC(Cl)Cl.c1ccc2c(c1)Cc1ccccc1-2. The van der Waals surface area contributed by atoms with Crippen LogP contribution in [0.5, 0.6) is 0 Å². The Bertz CT molecular complexity index is 1160. The number of hydrogen-bond donors (Lipinski definition) is 0. The molecule has 0 saturated heterocycles. The molecule has 0 aliphatic heterocycles. The molecule has 0 heterocycles. The molecule has 4 aromatic carbocycles. The van der Waals surface area contributed by atoms with Crippen LogP contribution in [0.2, 0.25) is 0 Å². The summed E-state index contributed by atoms with van der Waals surface area (Å²) in [5.74, 6) is 0. The van der Waals surface area contributed by atoms with Gasteiger partial charge >= 0.3 is 0 Å². The summed E-state index contributed by atoms with van der Waals surface area (Å²) in [6.07, 6.45) is 2.15. The van der Waals surface area contributed by atoms with Gasteiger partial charge in [-0.2, -0.15) is 0 Å². The van der Waals surface area contributed by atoms with Crippen LogP contribution in [0.4, 0.5) is 0 Å². The second kappa shape index (κ2) is 13.8. The first-order chi connectivity index (χ1) is 16.4. The van der Waals surface area contributed by atoms with E-state index in [0.29, 0.717) is 0 Å². The van der Waals surface area contributed by atoms with Crippen LogP contribution >= 0.6 is 94.9 Å². The molecule has 0 saturated carbocycles. The first-order valence-corrected chi connectivity index (χ1v) is 16.8. The molecule has 0 atom stereocenters. The molecule has 0 amide bonds. The van der Waals surface area contributed by atoms with Crippen LogP contribution in [-0.4, -0.2) is 4.30 Å². The summed E-state index contributed by atoms with van der Waals surface area (Å²) in [7, 11) is 0. The predicted octanol–water partition coefficient (Wildman–Crippen LogP) is 11.7. The quantitative estimate of drug-likeness (QED) is 0.135. The molecule has 4 aromatic rings. The fraction of sp³-hybridized carbons (Fsp3) is 0.111. The summed E-state index contributed by atoms with van der Waals surface area (Å²) in [5, 5.41) is 0. The lowest BCUT2D eigenvalue weighted by Crippen LogP contribution is -1.79. The van der Waals surface area contributed by atoms with Gasteiger partial charge in [0.1, 0.15) is 0 Å². The zero-order chi connectivity index (χ0) is 24.7. The van der Waals surface area contributed by atoms with Crippen molar-refractivity contribution in [3.05, 3.63) is 116 Å². The standard InChI is InChI=1S/C13H8Br2.C13H10.CHCl3.Br2/c14-10-1-3-12-8(6-10)5-9-7-11(15)2-4-13(9)12;1-3-7-12-10(5-1)9-11-6-2-4-8-13(11)12;2-1(3)4;1-2/h1-4,6-7H,5H2;1-8H,9H2;1H;. The third-order valence-corrected chi connectivity index (χ3v) is 6.50. The highest BCUT2D eigenvalue weighted by atomic mass is 80.9. The summed E-state index contributed by atoms with van der Waals surface area (Å²) in [5.41, 5.74) is 11.3. The largest absolute Gasteiger partial charge is 0.180 e. The summed E-state index contributed by atoms with van der Waals surface area (Å²) >= 11 is 26.9. The van der Waals surface area contributed by atoms with Crippen molar-refractivity contribution in [1.82, 2.24) is 0 Å². The van der Waals surface area contributed by atoms with Gasteiger partial charge in [-0.15, -0.1) is 0 Å². The molecule has 0 spiro atoms. The van der Waals surface area contributed by atoms with Crippen LogP contribution in [-0.2, 0) is 12.8 Å². The molecule has 2 aliphatic rings. The normalized spacial score (nSPS) is 11.4. The average molecular weight is 769 g/mol. The molecule has 6 rings (SSSR count). The number of benzene rings is 4. The van der Waals surface area contributed by atoms with Crippen molar-refractivity contribution < 1.29 is 0 Å². The lowest BCUT2D eigenvalue weighted by atomic mass is 10.1. The van der Waals surface area contributed by atoms with Crippen molar-refractivity contribution >= 4 is 94.9 Å². The Kier molecular flexibility index (Phi) is 11.5. The van der Waals surface area contributed by atoms with Crippen LogP contribution in [0.3, 0.4) is 0 Å². The van der Waals surface area contributed by atoms with Gasteiger partial charge in [0, 0.05) is 37.2 Å². The lowest BCUT2D eigenvalue weighted by molar-refractivity contribution is 1.25. The predicted molar refractivity (Wildman–Crippen MR) is 164 cm³/mol. The minimum Gasteiger partial charge on any atom is -0.0874 e. The van der Waals surface area contributed by atoms with Gasteiger partial charge in [0.15, 0.2) is 4.30 Å². The summed E-state index contributed by atoms with van der Waals surface area (Å²) in [4.78, 5) is 0. The molecule has 7 heteroatoms. The molecular weight excluding hydrogens is 750 g/mol. The Morgan fingerprint density at radius 1 is 0.500 bits per heavy atom. The van der Waals surface area contributed by atoms with Gasteiger partial charge in [-0.3, -0.25) is 0 Å². The highest BCUT2D eigenvalue weighted by Crippen LogP contribution is 2.39. The van der Waals surface area contributed by atoms with Gasteiger partial charge < -0.3 is 0 Å². The fourth-order valence-corrected chi connectivity index (χ4v) is 5.04. The average Bonchev–Trinajstić information content (AvgIpc) is 3.37. The van der Waals surface area contributed by atoms with E-state index in [4.69, 9.17) is 34.8 Å². The van der Waals surface area contributed by atoms with E-state index in [1.165, 1.54) is 44.5 Å². The molecule has 176 valence electrons.